The number of halogens is 1. The van der Waals surface area contributed by atoms with Crippen molar-refractivity contribution >= 4 is 5.91 Å². The quantitative estimate of drug-likeness (QED) is 0.724. The molecular weight excluding hydrogens is 321 g/mol. The average molecular weight is 339 g/mol. The van der Waals surface area contributed by atoms with Crippen LogP contribution in [0.15, 0.2) is 66.9 Å². The minimum atomic E-state index is -0.675. The van der Waals surface area contributed by atoms with Crippen LogP contribution >= 0.6 is 0 Å². The highest BCUT2D eigenvalue weighted by molar-refractivity contribution is 5.92. The summed E-state index contributed by atoms with van der Waals surface area (Å²) in [5.74, 6) is -0.700. The Morgan fingerprint density at radius 2 is 1.84 bits per heavy atom. The predicted molar refractivity (Wildman–Crippen MR) is 92.0 cm³/mol. The molecule has 0 aliphatic rings. The second-order valence-electron chi connectivity index (χ2n) is 5.68. The maximum atomic E-state index is 13.0. The van der Waals surface area contributed by atoms with Gasteiger partial charge in [0.05, 0.1) is 11.8 Å². The fourth-order valence-electron chi connectivity index (χ4n) is 2.44. The molecule has 1 heterocycles. The van der Waals surface area contributed by atoms with Gasteiger partial charge in [-0.2, -0.15) is 5.10 Å². The Morgan fingerprint density at radius 3 is 2.56 bits per heavy atom. The summed E-state index contributed by atoms with van der Waals surface area (Å²) in [6, 6.07) is 17.0. The second-order valence-corrected chi connectivity index (χ2v) is 5.68. The molecule has 0 radical (unpaired) electrons. The van der Waals surface area contributed by atoms with E-state index in [0.717, 1.165) is 5.56 Å². The molecule has 2 N–H and O–H groups in total. The van der Waals surface area contributed by atoms with Gasteiger partial charge in [0.1, 0.15) is 5.82 Å². The number of rotatable bonds is 6. The molecule has 5 nitrogen and oxygen atoms in total. The molecule has 25 heavy (non-hydrogen) atoms. The Kier molecular flexibility index (Phi) is 5.20. The third-order valence-electron chi connectivity index (χ3n) is 3.73. The number of hydrogen-bond acceptors (Lipinski definition) is 3. The van der Waals surface area contributed by atoms with E-state index in [0.29, 0.717) is 12.1 Å². The SMILES string of the molecule is O=C(NCC(O)Cc1ccccc1)c1ccn(-c2ccc(F)cc2)n1. The van der Waals surface area contributed by atoms with Crippen molar-refractivity contribution in [2.45, 2.75) is 12.5 Å². The molecule has 0 aliphatic carbocycles. The van der Waals surface area contributed by atoms with Crippen molar-refractivity contribution in [3.05, 3.63) is 83.9 Å². The van der Waals surface area contributed by atoms with E-state index in [9.17, 15) is 14.3 Å². The number of carbonyl (C=O) groups is 1. The normalized spacial score (nSPS) is 11.9. The van der Waals surface area contributed by atoms with Crippen LogP contribution in [0.4, 0.5) is 4.39 Å². The lowest BCUT2D eigenvalue weighted by molar-refractivity contribution is 0.0910. The summed E-state index contributed by atoms with van der Waals surface area (Å²) in [5.41, 5.74) is 1.89. The smallest absolute Gasteiger partial charge is 0.271 e. The molecule has 1 aromatic heterocycles. The van der Waals surface area contributed by atoms with Crippen LogP contribution in [0.5, 0.6) is 0 Å². The van der Waals surface area contributed by atoms with Gasteiger partial charge in [-0.15, -0.1) is 0 Å². The molecule has 3 rings (SSSR count). The van der Waals surface area contributed by atoms with Crippen molar-refractivity contribution in [1.82, 2.24) is 15.1 Å². The third kappa shape index (κ3) is 4.51. The van der Waals surface area contributed by atoms with E-state index in [1.54, 1.807) is 24.4 Å². The average Bonchev–Trinajstić information content (AvgIpc) is 3.11. The molecule has 1 atom stereocenters. The standard InChI is InChI=1S/C19H18FN3O2/c20-15-6-8-16(9-7-15)23-11-10-18(22-23)19(25)21-13-17(24)12-14-4-2-1-3-5-14/h1-11,17,24H,12-13H2,(H,21,25). The summed E-state index contributed by atoms with van der Waals surface area (Å²) in [6.07, 6.45) is 1.42. The number of nitrogens with zero attached hydrogens (tertiary/aromatic N) is 2. The Bertz CT molecular complexity index is 831. The van der Waals surface area contributed by atoms with E-state index in [2.05, 4.69) is 10.4 Å². The third-order valence-corrected chi connectivity index (χ3v) is 3.73. The molecule has 0 aliphatic heterocycles. The number of hydrogen-bond donors (Lipinski definition) is 2. The molecule has 128 valence electrons. The van der Waals surface area contributed by atoms with Crippen molar-refractivity contribution in [2.75, 3.05) is 6.54 Å². The zero-order valence-corrected chi connectivity index (χ0v) is 13.5. The van der Waals surface area contributed by atoms with Crippen molar-refractivity contribution in [2.24, 2.45) is 0 Å². The minimum Gasteiger partial charge on any atom is -0.391 e. The Balaban J connectivity index is 1.56. The van der Waals surface area contributed by atoms with Gasteiger partial charge in [0.15, 0.2) is 5.69 Å². The van der Waals surface area contributed by atoms with Gasteiger partial charge in [-0.25, -0.2) is 9.07 Å². The van der Waals surface area contributed by atoms with E-state index in [1.807, 2.05) is 30.3 Å². The summed E-state index contributed by atoms with van der Waals surface area (Å²) >= 11 is 0. The maximum Gasteiger partial charge on any atom is 0.271 e. The first-order valence-electron chi connectivity index (χ1n) is 7.93. The summed E-state index contributed by atoms with van der Waals surface area (Å²) in [6.45, 7) is 0.136. The first-order valence-corrected chi connectivity index (χ1v) is 7.93. The highest BCUT2D eigenvalue weighted by Gasteiger charge is 2.12. The summed E-state index contributed by atoms with van der Waals surface area (Å²) < 4.78 is 14.4. The van der Waals surface area contributed by atoms with Gasteiger partial charge in [-0.3, -0.25) is 4.79 Å². The van der Waals surface area contributed by atoms with Crippen LogP contribution in [0.2, 0.25) is 0 Å². The predicted octanol–water partition coefficient (Wildman–Crippen LogP) is 2.34. The number of aliphatic hydroxyl groups excluding tert-OH is 1. The zero-order valence-electron chi connectivity index (χ0n) is 13.5. The van der Waals surface area contributed by atoms with Crippen LogP contribution in [-0.2, 0) is 6.42 Å². The van der Waals surface area contributed by atoms with E-state index < -0.39 is 6.10 Å². The number of benzene rings is 2. The second kappa shape index (κ2) is 7.72. The summed E-state index contributed by atoms with van der Waals surface area (Å²) in [7, 11) is 0. The first kappa shape index (κ1) is 16.9. The maximum absolute atomic E-state index is 13.0. The van der Waals surface area contributed by atoms with Crippen molar-refractivity contribution in [3.8, 4) is 5.69 Å². The zero-order chi connectivity index (χ0) is 17.6. The van der Waals surface area contributed by atoms with E-state index in [4.69, 9.17) is 0 Å². The van der Waals surface area contributed by atoms with Gasteiger partial charge >= 0.3 is 0 Å². The Hall–Kier alpha value is -2.99. The van der Waals surface area contributed by atoms with Crippen LogP contribution in [0.1, 0.15) is 16.1 Å². The fraction of sp³-hybridized carbons (Fsp3) is 0.158. The summed E-state index contributed by atoms with van der Waals surface area (Å²) in [4.78, 5) is 12.1. The molecule has 0 saturated heterocycles. The largest absolute Gasteiger partial charge is 0.391 e. The Labute approximate surface area is 144 Å². The molecule has 1 amide bonds. The van der Waals surface area contributed by atoms with Crippen LogP contribution in [0.25, 0.3) is 5.69 Å². The molecule has 1 unspecified atom stereocenters. The van der Waals surface area contributed by atoms with Crippen LogP contribution in [0, 0.1) is 5.82 Å². The number of amides is 1. The Morgan fingerprint density at radius 1 is 1.12 bits per heavy atom. The molecule has 3 aromatic rings. The van der Waals surface area contributed by atoms with Crippen molar-refractivity contribution in [3.63, 3.8) is 0 Å². The lowest BCUT2D eigenvalue weighted by Crippen LogP contribution is -2.33. The highest BCUT2D eigenvalue weighted by Crippen LogP contribution is 2.09. The van der Waals surface area contributed by atoms with Gasteiger partial charge in [0.25, 0.3) is 5.91 Å². The number of aromatic nitrogens is 2. The number of aliphatic hydroxyl groups is 1. The molecule has 6 heteroatoms. The monoisotopic (exact) mass is 339 g/mol. The fourth-order valence-corrected chi connectivity index (χ4v) is 2.44. The lowest BCUT2D eigenvalue weighted by atomic mass is 10.1. The molecule has 0 fully saturated rings. The van der Waals surface area contributed by atoms with Gasteiger partial charge < -0.3 is 10.4 Å². The van der Waals surface area contributed by atoms with E-state index in [1.165, 1.54) is 16.8 Å². The van der Waals surface area contributed by atoms with Crippen molar-refractivity contribution < 1.29 is 14.3 Å². The first-order chi connectivity index (χ1) is 12.1. The molecule has 2 aromatic carbocycles. The van der Waals surface area contributed by atoms with Crippen molar-refractivity contribution in [1.29, 1.82) is 0 Å². The van der Waals surface area contributed by atoms with Gasteiger partial charge in [0, 0.05) is 19.2 Å². The molecular formula is C19H18FN3O2. The van der Waals surface area contributed by atoms with E-state index in [-0.39, 0.29) is 24.0 Å². The number of carbonyl (C=O) groups excluding carboxylic acids is 1. The topological polar surface area (TPSA) is 67.2 Å². The number of nitrogens with one attached hydrogen (secondary N) is 1. The molecule has 0 saturated carbocycles. The van der Waals surface area contributed by atoms with Gasteiger partial charge in [-0.1, -0.05) is 30.3 Å². The van der Waals surface area contributed by atoms with Gasteiger partial charge in [-0.05, 0) is 35.9 Å². The van der Waals surface area contributed by atoms with Crippen LogP contribution in [-0.4, -0.2) is 33.4 Å². The summed E-state index contributed by atoms with van der Waals surface area (Å²) in [5, 5.41) is 16.9. The van der Waals surface area contributed by atoms with Gasteiger partial charge in [0.2, 0.25) is 0 Å². The lowest BCUT2D eigenvalue weighted by Gasteiger charge is -2.11. The molecule has 0 spiro atoms. The van der Waals surface area contributed by atoms with E-state index >= 15 is 0 Å². The molecule has 0 bridgehead atoms. The van der Waals surface area contributed by atoms with Crippen LogP contribution in [0.3, 0.4) is 0 Å². The highest BCUT2D eigenvalue weighted by atomic mass is 19.1. The minimum absolute atomic E-state index is 0.136. The van der Waals surface area contributed by atoms with Crippen LogP contribution < -0.4 is 5.32 Å².